The Morgan fingerprint density at radius 2 is 0.804 bits per heavy atom. The zero-order valence-corrected chi connectivity index (χ0v) is 40.1. The summed E-state index contributed by atoms with van der Waals surface area (Å²) in [6.45, 7) is 2.83. The van der Waals surface area contributed by atoms with E-state index in [4.69, 9.17) is 0 Å². The minimum Gasteiger partial charge on any atom is -0.469 e. The number of ether oxygens (including phenoxy) is 6. The van der Waals surface area contributed by atoms with Gasteiger partial charge in [-0.05, 0) is 26.6 Å². The van der Waals surface area contributed by atoms with Crippen LogP contribution in [0.1, 0.15) is 13.8 Å². The highest BCUT2D eigenvalue weighted by molar-refractivity contribution is 7.97. The zero-order chi connectivity index (χ0) is 47.6. The lowest BCUT2D eigenvalue weighted by Gasteiger charge is -1.91. The first kappa shape index (κ1) is 81.2. The van der Waals surface area contributed by atoms with Gasteiger partial charge < -0.3 is 49.7 Å². The number of thioether (sulfide) groups is 1. The van der Waals surface area contributed by atoms with Crippen LogP contribution in [-0.4, -0.2) is 183 Å². The van der Waals surface area contributed by atoms with Gasteiger partial charge in [0.25, 0.3) is 0 Å². The van der Waals surface area contributed by atoms with Crippen molar-refractivity contribution >= 4 is 72.0 Å². The van der Waals surface area contributed by atoms with Crippen molar-refractivity contribution in [3.8, 4) is 0 Å². The molecule has 0 heterocycles. The SMILES string of the molecule is CNC.CNC(=O)OC.CNC(=O)OC.CNC(C)=O.COC.COC(=O)OC.COC(C)=O.COS(=O)(=O)OC.COS(=O)OC.CO[P+](=O)OC.CSC. The normalized spacial score (nSPS) is 7.84. The summed E-state index contributed by atoms with van der Waals surface area (Å²) < 4.78 is 88.7. The maximum atomic E-state index is 9.92. The van der Waals surface area contributed by atoms with Crippen molar-refractivity contribution in [1.29, 1.82) is 0 Å². The van der Waals surface area contributed by atoms with Crippen molar-refractivity contribution in [1.82, 2.24) is 21.3 Å². The summed E-state index contributed by atoms with van der Waals surface area (Å²) in [6.07, 6.45) is 2.61. The molecule has 0 radical (unpaired) electrons. The monoisotopic (exact) mass is 913 g/mol. The second-order valence-electron chi connectivity index (χ2n) is 6.83. The van der Waals surface area contributed by atoms with Gasteiger partial charge in [0.1, 0.15) is 0 Å². The lowest BCUT2D eigenvalue weighted by molar-refractivity contribution is -0.138. The molecule has 25 nitrogen and oxygen atoms in total. The molecular weight excluding hydrogens is 843 g/mol. The lowest BCUT2D eigenvalue weighted by Crippen LogP contribution is -2.16. The third kappa shape index (κ3) is 175. The molecule has 0 aromatic heterocycles. The smallest absolute Gasteiger partial charge is 0.469 e. The summed E-state index contributed by atoms with van der Waals surface area (Å²) in [5.74, 6) is -0.241. The largest absolute Gasteiger partial charge is 0.696 e. The second-order valence-corrected chi connectivity index (χ2v) is 11.4. The van der Waals surface area contributed by atoms with Gasteiger partial charge >= 0.3 is 54.3 Å². The van der Waals surface area contributed by atoms with Crippen LogP contribution in [0.4, 0.5) is 14.4 Å². The molecule has 346 valence electrons. The molecule has 0 saturated heterocycles. The van der Waals surface area contributed by atoms with Crippen LogP contribution in [0, 0.1) is 0 Å². The van der Waals surface area contributed by atoms with E-state index in [2.05, 4.69) is 75.5 Å². The third-order valence-electron chi connectivity index (χ3n) is 2.73. The molecule has 0 aliphatic carbocycles. The van der Waals surface area contributed by atoms with Crippen LogP contribution in [0.25, 0.3) is 0 Å². The van der Waals surface area contributed by atoms with Crippen molar-refractivity contribution in [2.75, 3.05) is 140 Å². The minimum absolute atomic E-state index is 0.00463. The molecule has 0 atom stereocenters. The van der Waals surface area contributed by atoms with Gasteiger partial charge in [-0.1, -0.05) is 0 Å². The van der Waals surface area contributed by atoms with Crippen molar-refractivity contribution in [2.24, 2.45) is 0 Å². The number of nitrogens with one attached hydrogen (secondary N) is 4. The fraction of sp³-hybridized carbons (Fsp3) is 0.815. The Labute approximate surface area is 341 Å². The highest BCUT2D eigenvalue weighted by atomic mass is 32.3. The van der Waals surface area contributed by atoms with Crippen LogP contribution in [0.5, 0.6) is 0 Å². The van der Waals surface area contributed by atoms with Gasteiger partial charge in [-0.25, -0.2) is 14.4 Å². The number of hydrogen-bond donors (Lipinski definition) is 4. The third-order valence-corrected chi connectivity index (χ3v) is 4.69. The second kappa shape index (κ2) is 80.4. The van der Waals surface area contributed by atoms with E-state index < -0.39 is 48.4 Å². The number of carbonyl (C=O) groups excluding carboxylic acids is 5. The van der Waals surface area contributed by atoms with E-state index in [9.17, 15) is 41.2 Å². The van der Waals surface area contributed by atoms with Gasteiger partial charge in [0.05, 0.1) is 78.2 Å². The maximum absolute atomic E-state index is 9.92. The van der Waals surface area contributed by atoms with E-state index >= 15 is 0 Å². The Hall–Kier alpha value is -3.02. The first-order chi connectivity index (χ1) is 25.9. The number of carbonyl (C=O) groups is 5. The van der Waals surface area contributed by atoms with Crippen molar-refractivity contribution < 1.29 is 95.4 Å². The van der Waals surface area contributed by atoms with Gasteiger partial charge in [0.15, 0.2) is 0 Å². The van der Waals surface area contributed by atoms with Crippen LogP contribution in [0.15, 0.2) is 0 Å². The Balaban J connectivity index is -0.0000000446. The first-order valence-corrected chi connectivity index (χ1v) is 19.2. The fourth-order valence-electron chi connectivity index (χ4n) is 0.498. The standard InChI is InChI=1S/2C3H7NO2.C3H7NO.C3H6O3.C3H6O2.C2H7N.C2H6O4S.C2H6O3P.C2H6O3S.C2H6O.C2H6S/c2*1-4-3(5)6-2;1-3(5)4-2;1-5-3(4)6-2;1-3(4)5-2;1-3-2;1-5-7(3,4)6-2;2*1-4-6(3)5-2;2*1-3-2/h2*1-2H3,(H,4,5);1-2H3,(H,4,5);1-2H3;1-2H3;3H,1-2H3;1-2H3;2*1-2H3;2*1-2H3/q;;;;;;;+1;;;. The van der Waals surface area contributed by atoms with E-state index in [1.165, 1.54) is 91.9 Å². The molecule has 0 aliphatic heterocycles. The van der Waals surface area contributed by atoms with E-state index in [1.54, 1.807) is 33.0 Å². The molecule has 0 unspecified atom stereocenters. The summed E-state index contributed by atoms with van der Waals surface area (Å²) in [5, 5.41) is 9.65. The van der Waals surface area contributed by atoms with E-state index in [0.29, 0.717) is 0 Å². The average Bonchev–Trinajstić information content (AvgIpc) is 3.21. The molecule has 0 fully saturated rings. The minimum atomic E-state index is -3.66. The number of methoxy groups -OCH3 is 6. The Kier molecular flexibility index (Phi) is 117. The highest BCUT2D eigenvalue weighted by Crippen LogP contribution is 2.18. The van der Waals surface area contributed by atoms with Crippen molar-refractivity contribution in [3.05, 3.63) is 0 Å². The molecule has 56 heavy (non-hydrogen) atoms. The maximum Gasteiger partial charge on any atom is 0.696 e. The molecular formula is C27H70N4O21PS3+. The van der Waals surface area contributed by atoms with Crippen LogP contribution in [-0.2, 0) is 90.1 Å². The van der Waals surface area contributed by atoms with E-state index in [-0.39, 0.29) is 11.9 Å². The van der Waals surface area contributed by atoms with Gasteiger partial charge in [-0.15, -0.1) is 9.05 Å². The molecule has 0 aliphatic rings. The van der Waals surface area contributed by atoms with E-state index in [0.717, 1.165) is 14.2 Å². The Morgan fingerprint density at radius 1 is 0.571 bits per heavy atom. The molecule has 0 spiro atoms. The molecule has 0 aromatic carbocycles. The zero-order valence-electron chi connectivity index (χ0n) is 36.7. The molecule has 0 aromatic rings. The summed E-state index contributed by atoms with van der Waals surface area (Å²) in [4.78, 5) is 48.7. The fourth-order valence-corrected chi connectivity index (χ4v) is 0.919. The Bertz CT molecular complexity index is 805. The predicted octanol–water partition coefficient (Wildman–Crippen LogP) is 1.67. The van der Waals surface area contributed by atoms with Crippen LogP contribution in [0.2, 0.25) is 0 Å². The van der Waals surface area contributed by atoms with Crippen LogP contribution < -0.4 is 21.3 Å². The van der Waals surface area contributed by atoms with Gasteiger partial charge in [-0.3, -0.25) is 26.3 Å². The topological polar surface area (TPSA) is 313 Å². The van der Waals surface area contributed by atoms with Gasteiger partial charge in [0.2, 0.25) is 5.91 Å². The highest BCUT2D eigenvalue weighted by Gasteiger charge is 2.10. The van der Waals surface area contributed by atoms with Gasteiger partial charge in [0, 0.05) is 53.8 Å². The number of alkyl carbamates (subject to hydrolysis) is 2. The average molecular weight is 914 g/mol. The predicted molar refractivity (Wildman–Crippen MR) is 214 cm³/mol. The number of rotatable bonds is 6. The summed E-state index contributed by atoms with van der Waals surface area (Å²) in [6, 6.07) is 0. The quantitative estimate of drug-likeness (QED) is 0.167. The van der Waals surface area contributed by atoms with Crippen molar-refractivity contribution in [2.45, 2.75) is 13.8 Å². The molecule has 0 rings (SSSR count). The van der Waals surface area contributed by atoms with E-state index in [1.807, 2.05) is 26.6 Å². The molecule has 0 saturated carbocycles. The molecule has 3 amide bonds. The first-order valence-electron chi connectivity index (χ1n) is 14.1. The van der Waals surface area contributed by atoms with Crippen molar-refractivity contribution in [3.63, 3.8) is 0 Å². The lowest BCUT2D eigenvalue weighted by atomic mass is 10.7. The number of hydrogen-bond acceptors (Lipinski definition) is 23. The molecule has 29 heteroatoms. The summed E-state index contributed by atoms with van der Waals surface area (Å²) >= 11 is 0.216. The number of amides is 3. The summed E-state index contributed by atoms with van der Waals surface area (Å²) in [7, 11) is 19.9. The molecule has 4 N–H and O–H groups in total. The van der Waals surface area contributed by atoms with Gasteiger partial charge in [-0.2, -0.15) is 24.4 Å². The Morgan fingerprint density at radius 3 is 0.804 bits per heavy atom. The van der Waals surface area contributed by atoms with Crippen LogP contribution >= 0.6 is 20.0 Å². The molecule has 0 bridgehead atoms. The van der Waals surface area contributed by atoms with Crippen LogP contribution in [0.3, 0.4) is 0 Å². The number of esters is 1. The summed E-state index contributed by atoms with van der Waals surface area (Å²) in [5.41, 5.74) is 0.